The van der Waals surface area contributed by atoms with Gasteiger partial charge in [0.15, 0.2) is 0 Å². The molecule has 17 heavy (non-hydrogen) atoms. The van der Waals surface area contributed by atoms with Crippen LogP contribution in [0.1, 0.15) is 58.8 Å². The van der Waals surface area contributed by atoms with Crippen molar-refractivity contribution in [1.82, 2.24) is 0 Å². The summed E-state index contributed by atoms with van der Waals surface area (Å²) < 4.78 is 4.90. The number of carbonyl (C=O) groups is 1. The Morgan fingerprint density at radius 1 is 1.35 bits per heavy atom. The lowest BCUT2D eigenvalue weighted by Crippen LogP contribution is -2.26. The zero-order valence-corrected chi connectivity index (χ0v) is 11.3. The summed E-state index contributed by atoms with van der Waals surface area (Å²) in [5.74, 6) is 1.56. The van der Waals surface area contributed by atoms with Gasteiger partial charge >= 0.3 is 5.97 Å². The summed E-state index contributed by atoms with van der Waals surface area (Å²) in [6.07, 6.45) is 7.63. The van der Waals surface area contributed by atoms with E-state index in [1.165, 1.54) is 25.7 Å². The fraction of sp³-hybridized carbons (Fsp3) is 0.929. The van der Waals surface area contributed by atoms with Crippen LogP contribution in [0.5, 0.6) is 0 Å². The number of hydrogen-bond donors (Lipinski definition) is 1. The van der Waals surface area contributed by atoms with E-state index in [4.69, 9.17) is 10.5 Å². The number of hydrogen-bond acceptors (Lipinski definition) is 3. The van der Waals surface area contributed by atoms with Crippen LogP contribution in [-0.2, 0) is 9.53 Å². The molecule has 1 fully saturated rings. The molecule has 2 N–H and O–H groups in total. The SMILES string of the molecule is CCOC(=O)CCC(N)CC1CCC(C)CC1. The Morgan fingerprint density at radius 2 is 2.00 bits per heavy atom. The highest BCUT2D eigenvalue weighted by atomic mass is 16.5. The lowest BCUT2D eigenvalue weighted by molar-refractivity contribution is -0.143. The molecule has 1 atom stereocenters. The molecule has 0 bridgehead atoms. The molecule has 0 aromatic carbocycles. The van der Waals surface area contributed by atoms with Crippen molar-refractivity contribution in [2.75, 3.05) is 6.61 Å². The first-order chi connectivity index (χ1) is 8.11. The standard InChI is InChI=1S/C14H27NO2/c1-3-17-14(16)9-8-13(15)10-12-6-4-11(2)5-7-12/h11-13H,3-10,15H2,1-2H3. The van der Waals surface area contributed by atoms with Crippen LogP contribution in [0.25, 0.3) is 0 Å². The van der Waals surface area contributed by atoms with E-state index in [0.717, 1.165) is 24.7 Å². The highest BCUT2D eigenvalue weighted by Gasteiger charge is 2.20. The van der Waals surface area contributed by atoms with Crippen molar-refractivity contribution in [3.8, 4) is 0 Å². The Balaban J connectivity index is 2.12. The smallest absolute Gasteiger partial charge is 0.305 e. The van der Waals surface area contributed by atoms with Gasteiger partial charge in [0.25, 0.3) is 0 Å². The summed E-state index contributed by atoms with van der Waals surface area (Å²) in [7, 11) is 0. The van der Waals surface area contributed by atoms with E-state index in [1.807, 2.05) is 6.92 Å². The van der Waals surface area contributed by atoms with Gasteiger partial charge in [-0.2, -0.15) is 0 Å². The number of nitrogens with two attached hydrogens (primary N) is 1. The maximum absolute atomic E-state index is 11.2. The molecule has 0 amide bonds. The normalized spacial score (nSPS) is 26.5. The van der Waals surface area contributed by atoms with Crippen LogP contribution in [0.4, 0.5) is 0 Å². The van der Waals surface area contributed by atoms with Crippen molar-refractivity contribution < 1.29 is 9.53 Å². The van der Waals surface area contributed by atoms with E-state index in [1.54, 1.807) is 0 Å². The van der Waals surface area contributed by atoms with Crippen LogP contribution in [0.2, 0.25) is 0 Å². The van der Waals surface area contributed by atoms with Gasteiger partial charge in [-0.05, 0) is 31.6 Å². The molecule has 0 saturated heterocycles. The number of rotatable bonds is 6. The van der Waals surface area contributed by atoms with Crippen molar-refractivity contribution in [2.45, 2.75) is 64.8 Å². The van der Waals surface area contributed by atoms with Gasteiger partial charge in [0.1, 0.15) is 0 Å². The van der Waals surface area contributed by atoms with E-state index < -0.39 is 0 Å². The van der Waals surface area contributed by atoms with Crippen molar-refractivity contribution in [3.63, 3.8) is 0 Å². The van der Waals surface area contributed by atoms with Crippen molar-refractivity contribution in [3.05, 3.63) is 0 Å². The molecule has 0 aromatic rings. The molecule has 0 heterocycles. The van der Waals surface area contributed by atoms with Gasteiger partial charge in [-0.15, -0.1) is 0 Å². The zero-order valence-electron chi connectivity index (χ0n) is 11.3. The van der Waals surface area contributed by atoms with Crippen LogP contribution >= 0.6 is 0 Å². The van der Waals surface area contributed by atoms with Crippen LogP contribution < -0.4 is 5.73 Å². The first-order valence-corrected chi connectivity index (χ1v) is 7.03. The van der Waals surface area contributed by atoms with E-state index in [2.05, 4.69) is 6.92 Å². The quantitative estimate of drug-likeness (QED) is 0.727. The van der Waals surface area contributed by atoms with Gasteiger partial charge in [0, 0.05) is 12.5 Å². The van der Waals surface area contributed by atoms with Gasteiger partial charge in [-0.25, -0.2) is 0 Å². The second-order valence-electron chi connectivity index (χ2n) is 5.47. The summed E-state index contributed by atoms with van der Waals surface area (Å²) in [5.41, 5.74) is 6.08. The topological polar surface area (TPSA) is 52.3 Å². The van der Waals surface area contributed by atoms with Gasteiger partial charge in [0.05, 0.1) is 6.61 Å². The minimum atomic E-state index is -0.111. The molecule has 0 radical (unpaired) electrons. The molecule has 1 saturated carbocycles. The minimum Gasteiger partial charge on any atom is -0.466 e. The van der Waals surface area contributed by atoms with Crippen LogP contribution in [-0.4, -0.2) is 18.6 Å². The van der Waals surface area contributed by atoms with Gasteiger partial charge in [-0.1, -0.05) is 32.6 Å². The predicted molar refractivity (Wildman–Crippen MR) is 69.6 cm³/mol. The third kappa shape index (κ3) is 6.06. The molecule has 1 unspecified atom stereocenters. The highest BCUT2D eigenvalue weighted by Crippen LogP contribution is 2.31. The van der Waals surface area contributed by atoms with Crippen molar-refractivity contribution in [2.24, 2.45) is 17.6 Å². The Kier molecular flexibility index (Phi) is 6.56. The average Bonchev–Trinajstić information content (AvgIpc) is 2.30. The van der Waals surface area contributed by atoms with Crippen LogP contribution in [0.3, 0.4) is 0 Å². The Morgan fingerprint density at radius 3 is 2.59 bits per heavy atom. The molecular weight excluding hydrogens is 214 g/mol. The predicted octanol–water partition coefficient (Wildman–Crippen LogP) is 2.87. The van der Waals surface area contributed by atoms with Gasteiger partial charge < -0.3 is 10.5 Å². The van der Waals surface area contributed by atoms with Crippen LogP contribution in [0, 0.1) is 11.8 Å². The molecule has 1 rings (SSSR count). The van der Waals surface area contributed by atoms with Crippen molar-refractivity contribution >= 4 is 5.97 Å². The fourth-order valence-electron chi connectivity index (χ4n) is 2.65. The lowest BCUT2D eigenvalue weighted by Gasteiger charge is -2.28. The first-order valence-electron chi connectivity index (χ1n) is 7.03. The number of carbonyl (C=O) groups excluding carboxylic acids is 1. The molecule has 100 valence electrons. The van der Waals surface area contributed by atoms with E-state index in [9.17, 15) is 4.79 Å². The molecule has 0 spiro atoms. The Labute approximate surface area is 105 Å². The summed E-state index contributed by atoms with van der Waals surface area (Å²) in [6, 6.07) is 0.165. The van der Waals surface area contributed by atoms with Crippen LogP contribution in [0.15, 0.2) is 0 Å². The summed E-state index contributed by atoms with van der Waals surface area (Å²) in [6.45, 7) is 4.63. The summed E-state index contributed by atoms with van der Waals surface area (Å²) >= 11 is 0. The molecule has 0 aromatic heterocycles. The third-order valence-electron chi connectivity index (χ3n) is 3.80. The average molecular weight is 241 g/mol. The minimum absolute atomic E-state index is 0.111. The molecular formula is C14H27NO2. The molecule has 3 heteroatoms. The van der Waals surface area contributed by atoms with Gasteiger partial charge in [-0.3, -0.25) is 4.79 Å². The summed E-state index contributed by atoms with van der Waals surface area (Å²) in [5, 5.41) is 0. The second kappa shape index (κ2) is 7.70. The van der Waals surface area contributed by atoms with Crippen molar-refractivity contribution in [1.29, 1.82) is 0 Å². The third-order valence-corrected chi connectivity index (χ3v) is 3.80. The largest absolute Gasteiger partial charge is 0.466 e. The maximum atomic E-state index is 11.2. The van der Waals surface area contributed by atoms with E-state index >= 15 is 0 Å². The number of ether oxygens (including phenoxy) is 1. The number of esters is 1. The lowest BCUT2D eigenvalue weighted by atomic mass is 9.80. The first kappa shape index (κ1) is 14.5. The monoisotopic (exact) mass is 241 g/mol. The second-order valence-corrected chi connectivity index (χ2v) is 5.47. The van der Waals surface area contributed by atoms with E-state index in [0.29, 0.717) is 13.0 Å². The molecule has 1 aliphatic rings. The van der Waals surface area contributed by atoms with E-state index in [-0.39, 0.29) is 12.0 Å². The Bertz CT molecular complexity index is 222. The molecule has 1 aliphatic carbocycles. The fourth-order valence-corrected chi connectivity index (χ4v) is 2.65. The van der Waals surface area contributed by atoms with Gasteiger partial charge in [0.2, 0.25) is 0 Å². The summed E-state index contributed by atoms with van der Waals surface area (Å²) in [4.78, 5) is 11.2. The zero-order chi connectivity index (χ0) is 12.7. The highest BCUT2D eigenvalue weighted by molar-refractivity contribution is 5.69. The molecule has 3 nitrogen and oxygen atoms in total. The molecule has 0 aliphatic heterocycles. The maximum Gasteiger partial charge on any atom is 0.305 e. The Hall–Kier alpha value is -0.570.